The summed E-state index contributed by atoms with van der Waals surface area (Å²) in [5.41, 5.74) is 4.47. The summed E-state index contributed by atoms with van der Waals surface area (Å²) in [5.74, 6) is -0.117. The fourth-order valence-corrected chi connectivity index (χ4v) is 4.47. The lowest BCUT2D eigenvalue weighted by atomic mass is 10.1. The molecule has 7 heteroatoms. The molecule has 0 fully saturated rings. The molecular formula is C19H16N4OS2. The van der Waals surface area contributed by atoms with Gasteiger partial charge in [0.25, 0.3) is 5.91 Å². The summed E-state index contributed by atoms with van der Waals surface area (Å²) in [6, 6.07) is 9.79. The van der Waals surface area contributed by atoms with Crippen molar-refractivity contribution in [1.82, 2.24) is 15.0 Å². The maximum absolute atomic E-state index is 12.5. The zero-order chi connectivity index (χ0) is 18.3. The van der Waals surface area contributed by atoms with Crippen LogP contribution in [0.4, 0.5) is 5.69 Å². The van der Waals surface area contributed by atoms with E-state index in [0.29, 0.717) is 4.88 Å². The second-order valence-corrected chi connectivity index (χ2v) is 8.16. The van der Waals surface area contributed by atoms with Crippen molar-refractivity contribution in [3.63, 3.8) is 0 Å². The topological polar surface area (TPSA) is 67.8 Å². The first-order valence-corrected chi connectivity index (χ1v) is 9.72. The van der Waals surface area contributed by atoms with E-state index >= 15 is 0 Å². The lowest BCUT2D eigenvalue weighted by molar-refractivity contribution is 0.102. The number of carbonyl (C=O) groups is 1. The van der Waals surface area contributed by atoms with Crippen molar-refractivity contribution in [2.45, 2.75) is 20.8 Å². The Hall–Kier alpha value is -2.64. The van der Waals surface area contributed by atoms with Crippen molar-refractivity contribution in [1.29, 1.82) is 0 Å². The quantitative estimate of drug-likeness (QED) is 0.543. The van der Waals surface area contributed by atoms with Gasteiger partial charge >= 0.3 is 0 Å². The van der Waals surface area contributed by atoms with Gasteiger partial charge in [-0.3, -0.25) is 4.79 Å². The van der Waals surface area contributed by atoms with Gasteiger partial charge in [0, 0.05) is 17.4 Å². The van der Waals surface area contributed by atoms with Crippen molar-refractivity contribution in [3.8, 4) is 10.6 Å². The van der Waals surface area contributed by atoms with E-state index in [-0.39, 0.29) is 5.91 Å². The van der Waals surface area contributed by atoms with Crippen LogP contribution in [0.2, 0.25) is 0 Å². The van der Waals surface area contributed by atoms with Crippen molar-refractivity contribution in [2.75, 3.05) is 5.32 Å². The first kappa shape index (κ1) is 16.8. The summed E-state index contributed by atoms with van der Waals surface area (Å²) in [6.45, 7) is 5.74. The van der Waals surface area contributed by atoms with Crippen LogP contribution in [-0.4, -0.2) is 20.9 Å². The summed E-state index contributed by atoms with van der Waals surface area (Å²) in [7, 11) is 0. The van der Waals surface area contributed by atoms with Gasteiger partial charge in [-0.25, -0.2) is 15.0 Å². The van der Waals surface area contributed by atoms with E-state index in [1.54, 1.807) is 17.5 Å². The smallest absolute Gasteiger partial charge is 0.267 e. The predicted octanol–water partition coefficient (Wildman–Crippen LogP) is 4.99. The number of fused-ring (bicyclic) bond motifs is 1. The molecule has 26 heavy (non-hydrogen) atoms. The number of nitrogens with one attached hydrogen (secondary N) is 1. The zero-order valence-corrected chi connectivity index (χ0v) is 16.2. The third kappa shape index (κ3) is 3.11. The SMILES string of the molecule is Cc1nc(C)c(C(=O)Nc2ccc(-c3nc4cccnc4s3)cc2C)s1. The highest BCUT2D eigenvalue weighted by atomic mass is 32.1. The monoisotopic (exact) mass is 380 g/mol. The number of aromatic nitrogens is 3. The second-order valence-electron chi connectivity index (χ2n) is 5.98. The normalized spacial score (nSPS) is 11.0. The number of rotatable bonds is 3. The number of amides is 1. The predicted molar refractivity (Wildman–Crippen MR) is 107 cm³/mol. The molecule has 3 aromatic heterocycles. The van der Waals surface area contributed by atoms with Gasteiger partial charge in [0.05, 0.1) is 10.7 Å². The zero-order valence-electron chi connectivity index (χ0n) is 14.5. The molecule has 3 heterocycles. The molecule has 0 atom stereocenters. The minimum Gasteiger partial charge on any atom is -0.321 e. The van der Waals surface area contributed by atoms with Crippen LogP contribution in [0.1, 0.15) is 25.9 Å². The molecule has 4 rings (SSSR count). The first-order valence-electron chi connectivity index (χ1n) is 8.09. The Kier molecular flexibility index (Phi) is 4.26. The third-order valence-corrected chi connectivity index (χ3v) is 6.10. The number of pyridine rings is 1. The highest BCUT2D eigenvalue weighted by Crippen LogP contribution is 2.31. The highest BCUT2D eigenvalue weighted by Gasteiger charge is 2.15. The molecule has 0 unspecified atom stereocenters. The molecule has 0 aliphatic heterocycles. The Morgan fingerprint density at radius 3 is 2.62 bits per heavy atom. The van der Waals surface area contributed by atoms with Gasteiger partial charge in [0.2, 0.25) is 0 Å². The van der Waals surface area contributed by atoms with E-state index in [1.165, 1.54) is 11.3 Å². The van der Waals surface area contributed by atoms with E-state index in [4.69, 9.17) is 0 Å². The van der Waals surface area contributed by atoms with Gasteiger partial charge in [-0.2, -0.15) is 0 Å². The Bertz CT molecular complexity index is 1100. The van der Waals surface area contributed by atoms with Crippen LogP contribution in [-0.2, 0) is 0 Å². The van der Waals surface area contributed by atoms with Crippen LogP contribution in [0.3, 0.4) is 0 Å². The largest absolute Gasteiger partial charge is 0.321 e. The molecule has 130 valence electrons. The van der Waals surface area contributed by atoms with Gasteiger partial charge in [-0.15, -0.1) is 11.3 Å². The standard InChI is InChI=1S/C19H16N4OS2/c1-10-9-13(18-23-15-5-4-8-20-19(15)26-18)6-7-14(10)22-17(24)16-11(2)21-12(3)25-16/h4-9H,1-3H3,(H,22,24). The molecule has 0 saturated heterocycles. The number of benzene rings is 1. The number of thiazole rings is 2. The van der Waals surface area contributed by atoms with Crippen LogP contribution in [0.25, 0.3) is 20.9 Å². The molecule has 0 aliphatic carbocycles. The average molecular weight is 380 g/mol. The summed E-state index contributed by atoms with van der Waals surface area (Å²) in [6.07, 6.45) is 1.78. The summed E-state index contributed by atoms with van der Waals surface area (Å²) in [4.78, 5) is 27.4. The summed E-state index contributed by atoms with van der Waals surface area (Å²) in [5, 5.41) is 4.81. The van der Waals surface area contributed by atoms with Crippen LogP contribution < -0.4 is 5.32 Å². The second kappa shape index (κ2) is 6.59. The van der Waals surface area contributed by atoms with Crippen LogP contribution in [0.15, 0.2) is 36.5 Å². The number of hydrogen-bond donors (Lipinski definition) is 1. The van der Waals surface area contributed by atoms with E-state index in [2.05, 4.69) is 20.3 Å². The van der Waals surface area contributed by atoms with Gasteiger partial charge in [-0.1, -0.05) is 11.3 Å². The molecule has 0 saturated carbocycles. The third-order valence-electron chi connectivity index (χ3n) is 4.00. The lowest BCUT2D eigenvalue weighted by Gasteiger charge is -2.09. The van der Waals surface area contributed by atoms with Gasteiger partial charge < -0.3 is 5.32 Å². The fraction of sp³-hybridized carbons (Fsp3) is 0.158. The van der Waals surface area contributed by atoms with Crippen LogP contribution in [0.5, 0.6) is 0 Å². The minimum absolute atomic E-state index is 0.117. The maximum Gasteiger partial charge on any atom is 0.267 e. The number of anilines is 1. The van der Waals surface area contributed by atoms with E-state index < -0.39 is 0 Å². The molecule has 0 radical (unpaired) electrons. The van der Waals surface area contributed by atoms with Crippen molar-refractivity contribution >= 4 is 44.6 Å². The number of hydrogen-bond acceptors (Lipinski definition) is 6. The number of nitrogens with zero attached hydrogens (tertiary/aromatic N) is 3. The fourth-order valence-electron chi connectivity index (χ4n) is 2.75. The van der Waals surface area contributed by atoms with E-state index in [0.717, 1.165) is 42.9 Å². The molecule has 4 aromatic rings. The van der Waals surface area contributed by atoms with Crippen molar-refractivity contribution in [3.05, 3.63) is 57.7 Å². The van der Waals surface area contributed by atoms with Crippen molar-refractivity contribution in [2.24, 2.45) is 0 Å². The maximum atomic E-state index is 12.5. The Morgan fingerprint density at radius 1 is 1.08 bits per heavy atom. The molecule has 0 bridgehead atoms. The van der Waals surface area contributed by atoms with E-state index in [9.17, 15) is 4.79 Å². The minimum atomic E-state index is -0.117. The van der Waals surface area contributed by atoms with Gasteiger partial charge in [0.1, 0.15) is 20.2 Å². The summed E-state index contributed by atoms with van der Waals surface area (Å²) < 4.78 is 0. The van der Waals surface area contributed by atoms with Gasteiger partial charge in [-0.05, 0) is 56.7 Å². The highest BCUT2D eigenvalue weighted by molar-refractivity contribution is 7.21. The molecule has 0 aliphatic rings. The Labute approximate surface area is 158 Å². The molecule has 1 aromatic carbocycles. The molecule has 5 nitrogen and oxygen atoms in total. The summed E-state index contributed by atoms with van der Waals surface area (Å²) >= 11 is 2.98. The van der Waals surface area contributed by atoms with E-state index in [1.807, 2.05) is 51.1 Å². The number of aryl methyl sites for hydroxylation is 3. The Balaban J connectivity index is 1.61. The van der Waals surface area contributed by atoms with Crippen LogP contribution in [0, 0.1) is 20.8 Å². The molecule has 0 spiro atoms. The van der Waals surface area contributed by atoms with Crippen molar-refractivity contribution < 1.29 is 4.79 Å². The lowest BCUT2D eigenvalue weighted by Crippen LogP contribution is -2.12. The molecular weight excluding hydrogens is 364 g/mol. The Morgan fingerprint density at radius 2 is 1.92 bits per heavy atom. The molecule has 1 N–H and O–H groups in total. The van der Waals surface area contributed by atoms with Gasteiger partial charge in [0.15, 0.2) is 0 Å². The van der Waals surface area contributed by atoms with Crippen LogP contribution >= 0.6 is 22.7 Å². The molecule has 1 amide bonds. The number of carbonyl (C=O) groups excluding carboxylic acids is 1. The average Bonchev–Trinajstić information content (AvgIpc) is 3.19. The first-order chi connectivity index (χ1) is 12.5.